The molecule has 2 rings (SSSR count). The average Bonchev–Trinajstić information content (AvgIpc) is 2.38. The zero-order valence-corrected chi connectivity index (χ0v) is 10.1. The van der Waals surface area contributed by atoms with Gasteiger partial charge < -0.3 is 10.4 Å². The number of fused-ring (bicyclic) bond motifs is 1. The van der Waals surface area contributed by atoms with Gasteiger partial charge >= 0.3 is 6.09 Å². The molecule has 0 aliphatic carbocycles. The van der Waals surface area contributed by atoms with Crippen LogP contribution >= 0.6 is 0 Å². The first-order chi connectivity index (χ1) is 8.77. The Morgan fingerprint density at radius 2 is 2.06 bits per heavy atom. The largest absolute Gasteiger partial charge is 0.465 e. The van der Waals surface area contributed by atoms with E-state index in [1.807, 2.05) is 30.5 Å². The van der Waals surface area contributed by atoms with E-state index in [1.54, 1.807) is 0 Å². The van der Waals surface area contributed by atoms with Crippen molar-refractivity contribution in [1.29, 1.82) is 0 Å². The van der Waals surface area contributed by atoms with Crippen molar-refractivity contribution in [3.8, 4) is 0 Å². The zero-order chi connectivity index (χ0) is 12.8. The highest BCUT2D eigenvalue weighted by atomic mass is 16.4. The van der Waals surface area contributed by atoms with Crippen molar-refractivity contribution in [1.82, 2.24) is 10.3 Å². The molecule has 2 aromatic rings. The van der Waals surface area contributed by atoms with Crippen molar-refractivity contribution in [3.05, 3.63) is 42.1 Å². The third-order valence-corrected chi connectivity index (χ3v) is 2.89. The fourth-order valence-corrected chi connectivity index (χ4v) is 2.01. The Morgan fingerprint density at radius 1 is 1.22 bits per heavy atom. The number of carbonyl (C=O) groups is 1. The topological polar surface area (TPSA) is 62.2 Å². The van der Waals surface area contributed by atoms with Gasteiger partial charge in [-0.15, -0.1) is 0 Å². The number of hydrogen-bond donors (Lipinski definition) is 2. The molecule has 18 heavy (non-hydrogen) atoms. The molecule has 4 heteroatoms. The molecule has 1 amide bonds. The number of benzene rings is 1. The first kappa shape index (κ1) is 12.4. The van der Waals surface area contributed by atoms with Gasteiger partial charge in [-0.3, -0.25) is 4.98 Å². The number of hydrogen-bond acceptors (Lipinski definition) is 2. The predicted molar refractivity (Wildman–Crippen MR) is 70.7 cm³/mol. The summed E-state index contributed by atoms with van der Waals surface area (Å²) in [5, 5.41) is 12.0. The maximum atomic E-state index is 10.3. The summed E-state index contributed by atoms with van der Waals surface area (Å²) in [7, 11) is 0. The predicted octanol–water partition coefficient (Wildman–Crippen LogP) is 2.83. The van der Waals surface area contributed by atoms with E-state index in [9.17, 15) is 4.79 Å². The monoisotopic (exact) mass is 244 g/mol. The Bertz CT molecular complexity index is 535. The van der Waals surface area contributed by atoms with Gasteiger partial charge in [0.15, 0.2) is 0 Å². The highest BCUT2D eigenvalue weighted by Crippen LogP contribution is 2.17. The lowest BCUT2D eigenvalue weighted by molar-refractivity contribution is 0.194. The molecule has 4 nitrogen and oxygen atoms in total. The normalized spacial score (nSPS) is 10.4. The summed E-state index contributed by atoms with van der Waals surface area (Å²) in [5.74, 6) is 0. The van der Waals surface area contributed by atoms with Crippen molar-refractivity contribution >= 4 is 17.0 Å². The van der Waals surface area contributed by atoms with Crippen molar-refractivity contribution in [2.75, 3.05) is 6.54 Å². The molecule has 0 saturated heterocycles. The summed E-state index contributed by atoms with van der Waals surface area (Å²) in [6.45, 7) is 0.512. The maximum absolute atomic E-state index is 10.3. The molecule has 0 atom stereocenters. The fraction of sp³-hybridized carbons (Fsp3) is 0.286. The van der Waals surface area contributed by atoms with Crippen molar-refractivity contribution in [2.24, 2.45) is 0 Å². The number of amides is 1. The summed E-state index contributed by atoms with van der Waals surface area (Å²) in [6, 6.07) is 10.1. The number of rotatable bonds is 5. The lowest BCUT2D eigenvalue weighted by Crippen LogP contribution is -2.21. The highest BCUT2D eigenvalue weighted by Gasteiger charge is 2.01. The molecule has 0 radical (unpaired) electrons. The van der Waals surface area contributed by atoms with Gasteiger partial charge in [-0.05, 0) is 37.0 Å². The second-order valence-corrected chi connectivity index (χ2v) is 4.18. The molecule has 94 valence electrons. The number of pyridine rings is 1. The van der Waals surface area contributed by atoms with E-state index in [4.69, 9.17) is 5.11 Å². The minimum atomic E-state index is -0.954. The third kappa shape index (κ3) is 3.20. The lowest BCUT2D eigenvalue weighted by atomic mass is 10.0. The first-order valence-corrected chi connectivity index (χ1v) is 6.07. The van der Waals surface area contributed by atoms with Crippen LogP contribution in [0.5, 0.6) is 0 Å². The molecule has 1 heterocycles. The van der Waals surface area contributed by atoms with Crippen LogP contribution in [-0.4, -0.2) is 22.7 Å². The smallest absolute Gasteiger partial charge is 0.404 e. The Hall–Kier alpha value is -2.10. The van der Waals surface area contributed by atoms with E-state index in [0.717, 1.165) is 24.8 Å². The van der Waals surface area contributed by atoms with Gasteiger partial charge in [-0.25, -0.2) is 4.79 Å². The molecular formula is C14H16N2O2. The average molecular weight is 244 g/mol. The molecule has 1 aromatic heterocycles. The number of para-hydroxylation sites is 1. The number of nitrogens with zero attached hydrogens (tertiary/aromatic N) is 1. The molecule has 0 saturated carbocycles. The highest BCUT2D eigenvalue weighted by molar-refractivity contribution is 5.81. The number of nitrogens with one attached hydrogen (secondary N) is 1. The lowest BCUT2D eigenvalue weighted by Gasteiger charge is -2.05. The van der Waals surface area contributed by atoms with Gasteiger partial charge in [-0.1, -0.05) is 18.2 Å². The molecule has 0 spiro atoms. The first-order valence-electron chi connectivity index (χ1n) is 6.07. The maximum Gasteiger partial charge on any atom is 0.404 e. The summed E-state index contributed by atoms with van der Waals surface area (Å²) >= 11 is 0. The van der Waals surface area contributed by atoms with Crippen LogP contribution in [0, 0.1) is 0 Å². The van der Waals surface area contributed by atoms with Crippen LogP contribution in [0.25, 0.3) is 10.9 Å². The summed E-state index contributed by atoms with van der Waals surface area (Å²) in [5.41, 5.74) is 2.29. The van der Waals surface area contributed by atoms with Crippen LogP contribution in [-0.2, 0) is 6.42 Å². The molecule has 0 aliphatic heterocycles. The fourth-order valence-electron chi connectivity index (χ4n) is 2.01. The summed E-state index contributed by atoms with van der Waals surface area (Å²) < 4.78 is 0. The van der Waals surface area contributed by atoms with E-state index in [0.29, 0.717) is 6.54 Å². The van der Waals surface area contributed by atoms with Crippen LogP contribution in [0.1, 0.15) is 18.4 Å². The van der Waals surface area contributed by atoms with Gasteiger partial charge in [-0.2, -0.15) is 0 Å². The van der Waals surface area contributed by atoms with Gasteiger partial charge in [0.2, 0.25) is 0 Å². The Morgan fingerprint density at radius 3 is 2.89 bits per heavy atom. The molecule has 0 unspecified atom stereocenters. The molecule has 2 N–H and O–H groups in total. The molecule has 0 bridgehead atoms. The SMILES string of the molecule is O=C(O)NCCCCc1ccnc2ccccc12. The van der Waals surface area contributed by atoms with Crippen molar-refractivity contribution in [3.63, 3.8) is 0 Å². The van der Waals surface area contributed by atoms with Crippen LogP contribution < -0.4 is 5.32 Å². The number of aromatic nitrogens is 1. The third-order valence-electron chi connectivity index (χ3n) is 2.89. The molecule has 0 fully saturated rings. The Balaban J connectivity index is 1.93. The second kappa shape index (κ2) is 6.00. The molecule has 0 aliphatic rings. The van der Waals surface area contributed by atoms with Crippen LogP contribution in [0.3, 0.4) is 0 Å². The summed E-state index contributed by atoms with van der Waals surface area (Å²) in [6.07, 6.45) is 3.64. The Kier molecular flexibility index (Phi) is 4.12. The van der Waals surface area contributed by atoms with Gasteiger partial charge in [0, 0.05) is 18.1 Å². The second-order valence-electron chi connectivity index (χ2n) is 4.18. The van der Waals surface area contributed by atoms with Gasteiger partial charge in [0.25, 0.3) is 0 Å². The molecular weight excluding hydrogens is 228 g/mol. The van der Waals surface area contributed by atoms with Gasteiger partial charge in [0.05, 0.1) is 5.52 Å². The van der Waals surface area contributed by atoms with E-state index < -0.39 is 6.09 Å². The van der Waals surface area contributed by atoms with E-state index in [1.165, 1.54) is 10.9 Å². The van der Waals surface area contributed by atoms with Crippen molar-refractivity contribution in [2.45, 2.75) is 19.3 Å². The van der Waals surface area contributed by atoms with E-state index >= 15 is 0 Å². The quantitative estimate of drug-likeness (QED) is 0.795. The number of carboxylic acid groups (broad SMARTS) is 1. The Labute approximate surface area is 106 Å². The van der Waals surface area contributed by atoms with Crippen LogP contribution in [0.15, 0.2) is 36.5 Å². The van der Waals surface area contributed by atoms with Crippen LogP contribution in [0.2, 0.25) is 0 Å². The van der Waals surface area contributed by atoms with E-state index in [-0.39, 0.29) is 0 Å². The van der Waals surface area contributed by atoms with Crippen LogP contribution in [0.4, 0.5) is 4.79 Å². The van der Waals surface area contributed by atoms with E-state index in [2.05, 4.69) is 16.4 Å². The number of aryl methyl sites for hydroxylation is 1. The minimum absolute atomic E-state index is 0.512. The minimum Gasteiger partial charge on any atom is -0.465 e. The van der Waals surface area contributed by atoms with Gasteiger partial charge in [0.1, 0.15) is 0 Å². The molecule has 1 aromatic carbocycles. The zero-order valence-electron chi connectivity index (χ0n) is 10.1. The summed E-state index contributed by atoms with van der Waals surface area (Å²) in [4.78, 5) is 14.6. The number of unbranched alkanes of at least 4 members (excludes halogenated alkanes) is 1. The van der Waals surface area contributed by atoms with Crippen molar-refractivity contribution < 1.29 is 9.90 Å². The standard InChI is InChI=1S/C14H16N2O2/c17-14(18)16-9-4-3-5-11-8-10-15-13-7-2-1-6-12(11)13/h1-2,6-8,10,16H,3-5,9H2,(H,17,18).